The van der Waals surface area contributed by atoms with Gasteiger partial charge in [0.25, 0.3) is 17.7 Å². The van der Waals surface area contributed by atoms with Crippen LogP contribution < -0.4 is 5.32 Å². The first-order valence-electron chi connectivity index (χ1n) is 7.72. The third kappa shape index (κ3) is 4.17. The molecule has 0 aromatic heterocycles. The van der Waals surface area contributed by atoms with E-state index < -0.39 is 36.8 Å². The second kappa shape index (κ2) is 7.89. The number of nitrogens with one attached hydrogen (secondary N) is 1. The summed E-state index contributed by atoms with van der Waals surface area (Å²) in [5.41, 5.74) is 0.831. The lowest BCUT2D eigenvalue weighted by atomic mass is 10.1. The van der Waals surface area contributed by atoms with Crippen LogP contribution in [0.5, 0.6) is 0 Å². The molecule has 2 aromatic carbocycles. The minimum atomic E-state index is -0.874. The summed E-state index contributed by atoms with van der Waals surface area (Å²) >= 11 is 9.24. The first kappa shape index (κ1) is 19.1. The van der Waals surface area contributed by atoms with Crippen LogP contribution in [0.1, 0.15) is 20.7 Å². The number of fused-ring (bicyclic) bond motifs is 1. The molecular weight excluding hydrogens is 440 g/mol. The van der Waals surface area contributed by atoms with Gasteiger partial charge in [0.05, 0.1) is 21.8 Å². The summed E-state index contributed by atoms with van der Waals surface area (Å²) in [6.07, 6.45) is 0. The number of ether oxygens (including phenoxy) is 1. The molecule has 27 heavy (non-hydrogen) atoms. The van der Waals surface area contributed by atoms with Crippen molar-refractivity contribution >= 4 is 56.9 Å². The smallest absolute Gasteiger partial charge is 0.326 e. The molecular formula is C18H12BrClN2O5. The third-order valence-corrected chi connectivity index (χ3v) is 4.54. The van der Waals surface area contributed by atoms with Gasteiger partial charge in [-0.05, 0) is 30.3 Å². The van der Waals surface area contributed by atoms with Gasteiger partial charge in [-0.15, -0.1) is 0 Å². The number of hydrogen-bond donors (Lipinski definition) is 1. The van der Waals surface area contributed by atoms with E-state index in [1.165, 1.54) is 12.1 Å². The van der Waals surface area contributed by atoms with Gasteiger partial charge in [0, 0.05) is 4.47 Å². The standard InChI is InChI=1S/C18H12BrClN2O5/c19-10-5-6-14(13(20)7-10)21-15(23)9-27-16(24)8-22-17(25)11-3-1-2-4-12(11)18(22)26/h1-7H,8-9H2,(H,21,23). The monoisotopic (exact) mass is 450 g/mol. The van der Waals surface area contributed by atoms with E-state index in [4.69, 9.17) is 16.3 Å². The number of amides is 3. The van der Waals surface area contributed by atoms with Crippen molar-refractivity contribution in [3.05, 3.63) is 63.1 Å². The zero-order chi connectivity index (χ0) is 19.6. The Labute approximate surface area is 167 Å². The molecule has 2 aromatic rings. The Balaban J connectivity index is 1.54. The van der Waals surface area contributed by atoms with Crippen LogP contribution in [-0.2, 0) is 14.3 Å². The Morgan fingerprint density at radius 1 is 1.07 bits per heavy atom. The zero-order valence-corrected chi connectivity index (χ0v) is 16.0. The number of esters is 1. The maximum absolute atomic E-state index is 12.2. The highest BCUT2D eigenvalue weighted by molar-refractivity contribution is 9.10. The zero-order valence-electron chi connectivity index (χ0n) is 13.7. The van der Waals surface area contributed by atoms with Crippen molar-refractivity contribution in [2.75, 3.05) is 18.5 Å². The van der Waals surface area contributed by atoms with Gasteiger partial charge in [-0.2, -0.15) is 0 Å². The molecule has 0 unspecified atom stereocenters. The number of rotatable bonds is 5. The van der Waals surface area contributed by atoms with Gasteiger partial charge >= 0.3 is 5.97 Å². The van der Waals surface area contributed by atoms with E-state index in [9.17, 15) is 19.2 Å². The Hall–Kier alpha value is -2.71. The van der Waals surface area contributed by atoms with Crippen molar-refractivity contribution < 1.29 is 23.9 Å². The molecule has 3 amide bonds. The van der Waals surface area contributed by atoms with Gasteiger partial charge in [0.2, 0.25) is 0 Å². The quantitative estimate of drug-likeness (QED) is 0.557. The minimum absolute atomic E-state index is 0.234. The average Bonchev–Trinajstić information content (AvgIpc) is 2.88. The summed E-state index contributed by atoms with van der Waals surface area (Å²) in [7, 11) is 0. The molecule has 0 spiro atoms. The fourth-order valence-electron chi connectivity index (χ4n) is 2.48. The van der Waals surface area contributed by atoms with E-state index in [0.717, 1.165) is 9.37 Å². The fraction of sp³-hybridized carbons (Fsp3) is 0.111. The second-order valence-electron chi connectivity index (χ2n) is 5.58. The van der Waals surface area contributed by atoms with Crippen LogP contribution in [0.25, 0.3) is 0 Å². The van der Waals surface area contributed by atoms with E-state index in [2.05, 4.69) is 21.2 Å². The van der Waals surface area contributed by atoms with Crippen LogP contribution in [0.4, 0.5) is 5.69 Å². The van der Waals surface area contributed by atoms with Crippen LogP contribution in [0.2, 0.25) is 5.02 Å². The molecule has 138 valence electrons. The number of halogens is 2. The van der Waals surface area contributed by atoms with Crippen LogP contribution in [-0.4, -0.2) is 41.7 Å². The molecule has 0 saturated carbocycles. The Bertz CT molecular complexity index is 928. The number of carbonyl (C=O) groups excluding carboxylic acids is 4. The van der Waals surface area contributed by atoms with E-state index in [1.807, 2.05) is 0 Å². The normalized spacial score (nSPS) is 12.7. The van der Waals surface area contributed by atoms with Crippen LogP contribution in [0.3, 0.4) is 0 Å². The van der Waals surface area contributed by atoms with Crippen LogP contribution in [0, 0.1) is 0 Å². The number of anilines is 1. The summed E-state index contributed by atoms with van der Waals surface area (Å²) in [5.74, 6) is -2.62. The molecule has 1 aliphatic heterocycles. The molecule has 0 bridgehead atoms. The SMILES string of the molecule is O=C(COC(=O)CN1C(=O)c2ccccc2C1=O)Nc1ccc(Br)cc1Cl. The highest BCUT2D eigenvalue weighted by Gasteiger charge is 2.36. The van der Waals surface area contributed by atoms with E-state index in [0.29, 0.717) is 10.7 Å². The molecule has 0 atom stereocenters. The predicted octanol–water partition coefficient (Wildman–Crippen LogP) is 2.88. The van der Waals surface area contributed by atoms with Gasteiger partial charge < -0.3 is 10.1 Å². The van der Waals surface area contributed by atoms with Crippen molar-refractivity contribution in [2.45, 2.75) is 0 Å². The molecule has 0 saturated heterocycles. The molecule has 9 heteroatoms. The van der Waals surface area contributed by atoms with Gasteiger partial charge in [0.15, 0.2) is 6.61 Å². The number of nitrogens with zero attached hydrogens (tertiary/aromatic N) is 1. The summed E-state index contributed by atoms with van der Waals surface area (Å²) < 4.78 is 5.60. The number of benzene rings is 2. The van der Waals surface area contributed by atoms with Gasteiger partial charge in [-0.1, -0.05) is 39.7 Å². The summed E-state index contributed by atoms with van der Waals surface area (Å²) in [4.78, 5) is 49.0. The fourth-order valence-corrected chi connectivity index (χ4v) is 3.20. The maximum atomic E-state index is 12.2. The Morgan fingerprint density at radius 2 is 1.70 bits per heavy atom. The van der Waals surface area contributed by atoms with Gasteiger partial charge in [-0.3, -0.25) is 24.1 Å². The number of hydrogen-bond acceptors (Lipinski definition) is 5. The Morgan fingerprint density at radius 3 is 2.30 bits per heavy atom. The average molecular weight is 452 g/mol. The Kier molecular flexibility index (Phi) is 5.57. The van der Waals surface area contributed by atoms with E-state index in [1.54, 1.807) is 30.3 Å². The van der Waals surface area contributed by atoms with Gasteiger partial charge in [-0.25, -0.2) is 0 Å². The van der Waals surface area contributed by atoms with Crippen LogP contribution in [0.15, 0.2) is 46.9 Å². The molecule has 1 N–H and O–H groups in total. The number of imide groups is 1. The van der Waals surface area contributed by atoms with Crippen molar-refractivity contribution in [1.29, 1.82) is 0 Å². The van der Waals surface area contributed by atoms with Crippen molar-refractivity contribution in [2.24, 2.45) is 0 Å². The lowest BCUT2D eigenvalue weighted by molar-refractivity contribution is -0.147. The first-order chi connectivity index (χ1) is 12.9. The molecule has 3 rings (SSSR count). The molecule has 1 aliphatic rings. The highest BCUT2D eigenvalue weighted by atomic mass is 79.9. The number of carbonyl (C=O) groups is 4. The first-order valence-corrected chi connectivity index (χ1v) is 8.89. The predicted molar refractivity (Wildman–Crippen MR) is 101 cm³/mol. The minimum Gasteiger partial charge on any atom is -0.454 e. The largest absolute Gasteiger partial charge is 0.454 e. The maximum Gasteiger partial charge on any atom is 0.326 e. The topological polar surface area (TPSA) is 92.8 Å². The molecule has 7 nitrogen and oxygen atoms in total. The molecule has 1 heterocycles. The molecule has 0 fully saturated rings. The summed E-state index contributed by atoms with van der Waals surface area (Å²) in [5, 5.41) is 2.82. The van der Waals surface area contributed by atoms with Crippen molar-refractivity contribution in [3.63, 3.8) is 0 Å². The second-order valence-corrected chi connectivity index (χ2v) is 6.90. The summed E-state index contributed by atoms with van der Waals surface area (Å²) in [6, 6.07) is 11.2. The summed E-state index contributed by atoms with van der Waals surface area (Å²) in [6.45, 7) is -1.15. The highest BCUT2D eigenvalue weighted by Crippen LogP contribution is 2.25. The third-order valence-electron chi connectivity index (χ3n) is 3.73. The van der Waals surface area contributed by atoms with Crippen molar-refractivity contribution in [3.8, 4) is 0 Å². The molecule has 0 aliphatic carbocycles. The van der Waals surface area contributed by atoms with Crippen LogP contribution >= 0.6 is 27.5 Å². The lowest BCUT2D eigenvalue weighted by Gasteiger charge is -2.13. The van der Waals surface area contributed by atoms with E-state index >= 15 is 0 Å². The molecule has 0 radical (unpaired) electrons. The van der Waals surface area contributed by atoms with Crippen molar-refractivity contribution in [1.82, 2.24) is 4.90 Å². The van der Waals surface area contributed by atoms with E-state index in [-0.39, 0.29) is 11.1 Å². The van der Waals surface area contributed by atoms with Gasteiger partial charge in [0.1, 0.15) is 6.54 Å². The lowest BCUT2D eigenvalue weighted by Crippen LogP contribution is -2.36.